The molecule has 2 N–H and O–H groups in total. The van der Waals surface area contributed by atoms with Crippen LogP contribution in [0, 0.1) is 27.7 Å². The van der Waals surface area contributed by atoms with Gasteiger partial charge in [0.1, 0.15) is 0 Å². The number of hydrogen-bond donors (Lipinski definition) is 1. The minimum absolute atomic E-state index is 0.741. The summed E-state index contributed by atoms with van der Waals surface area (Å²) in [5.41, 5.74) is 13.4. The quantitative estimate of drug-likeness (QED) is 0.621. The van der Waals surface area contributed by atoms with Crippen molar-refractivity contribution in [2.45, 2.75) is 27.7 Å². The fraction of sp³-hybridized carbons (Fsp3) is 0.250. The van der Waals surface area contributed by atoms with E-state index in [4.69, 9.17) is 5.73 Å². The molecule has 3 aromatic rings. The van der Waals surface area contributed by atoms with E-state index in [0.29, 0.717) is 0 Å². The van der Waals surface area contributed by atoms with E-state index >= 15 is 0 Å². The van der Waals surface area contributed by atoms with Gasteiger partial charge in [0.25, 0.3) is 0 Å². The summed E-state index contributed by atoms with van der Waals surface area (Å²) in [6, 6.07) is 6.25. The molecule has 1 aromatic carbocycles. The average molecular weight is 251 g/mol. The Labute approximate surface area is 112 Å². The van der Waals surface area contributed by atoms with E-state index in [1.54, 1.807) is 0 Å². The second-order valence-electron chi connectivity index (χ2n) is 5.26. The number of benzene rings is 1. The molecule has 3 rings (SSSR count). The maximum atomic E-state index is 6.34. The number of aryl methyl sites for hydroxylation is 4. The summed E-state index contributed by atoms with van der Waals surface area (Å²) in [6.45, 7) is 8.22. The highest BCUT2D eigenvalue weighted by molar-refractivity contribution is 6.06. The molecule has 96 valence electrons. The molecular formula is C16H17N3. The predicted octanol–water partition coefficient (Wildman–Crippen LogP) is 3.60. The normalized spacial score (nSPS) is 11.4. The van der Waals surface area contributed by atoms with Gasteiger partial charge in [0, 0.05) is 16.5 Å². The first-order valence-electron chi connectivity index (χ1n) is 6.42. The smallest absolute Gasteiger partial charge is 0.162 e. The third-order valence-electron chi connectivity index (χ3n) is 3.72. The standard InChI is InChI=1S/C16H17N3/c1-8-6-12-13(7-9(8)2)19-16-14(15(12)17)10(3)5-11(4)18-16/h5-7H,1-4H3,(H2,17,18,19). The molecule has 2 heterocycles. The van der Waals surface area contributed by atoms with Gasteiger partial charge in [-0.15, -0.1) is 0 Å². The van der Waals surface area contributed by atoms with Crippen molar-refractivity contribution in [3.05, 3.63) is 40.6 Å². The average Bonchev–Trinajstić information content (AvgIpc) is 2.31. The van der Waals surface area contributed by atoms with E-state index in [2.05, 4.69) is 42.9 Å². The summed E-state index contributed by atoms with van der Waals surface area (Å²) in [5.74, 6) is 0. The van der Waals surface area contributed by atoms with Crippen LogP contribution in [0.2, 0.25) is 0 Å². The van der Waals surface area contributed by atoms with Crippen molar-refractivity contribution in [1.82, 2.24) is 9.97 Å². The van der Waals surface area contributed by atoms with Crippen LogP contribution in [-0.2, 0) is 0 Å². The summed E-state index contributed by atoms with van der Waals surface area (Å²) < 4.78 is 0. The van der Waals surface area contributed by atoms with Crippen molar-refractivity contribution in [1.29, 1.82) is 0 Å². The molecule has 0 aliphatic carbocycles. The van der Waals surface area contributed by atoms with Gasteiger partial charge in [0.05, 0.1) is 11.2 Å². The molecule has 0 radical (unpaired) electrons. The molecule has 19 heavy (non-hydrogen) atoms. The van der Waals surface area contributed by atoms with Crippen LogP contribution in [-0.4, -0.2) is 9.97 Å². The number of anilines is 1. The van der Waals surface area contributed by atoms with Crippen LogP contribution in [0.4, 0.5) is 5.69 Å². The molecule has 0 spiro atoms. The van der Waals surface area contributed by atoms with Crippen molar-refractivity contribution in [2.75, 3.05) is 5.73 Å². The Hall–Kier alpha value is -2.16. The van der Waals surface area contributed by atoms with Gasteiger partial charge in [-0.3, -0.25) is 0 Å². The first kappa shape index (κ1) is 11.9. The van der Waals surface area contributed by atoms with Gasteiger partial charge in [-0.25, -0.2) is 9.97 Å². The number of nitrogen functional groups attached to an aromatic ring is 1. The maximum Gasteiger partial charge on any atom is 0.162 e. The van der Waals surface area contributed by atoms with Crippen LogP contribution >= 0.6 is 0 Å². The molecule has 3 nitrogen and oxygen atoms in total. The summed E-state index contributed by atoms with van der Waals surface area (Å²) in [6.07, 6.45) is 0. The fourth-order valence-electron chi connectivity index (χ4n) is 2.59. The second kappa shape index (κ2) is 3.92. The zero-order valence-corrected chi connectivity index (χ0v) is 11.7. The second-order valence-corrected chi connectivity index (χ2v) is 5.26. The number of aromatic nitrogens is 2. The minimum atomic E-state index is 0.741. The van der Waals surface area contributed by atoms with Gasteiger partial charge in [0.15, 0.2) is 5.65 Å². The zero-order valence-electron chi connectivity index (χ0n) is 11.7. The highest BCUT2D eigenvalue weighted by Gasteiger charge is 2.11. The lowest BCUT2D eigenvalue weighted by Gasteiger charge is -2.11. The minimum Gasteiger partial charge on any atom is -0.398 e. The maximum absolute atomic E-state index is 6.34. The molecule has 3 heteroatoms. The zero-order chi connectivity index (χ0) is 13.7. The molecule has 0 saturated carbocycles. The lowest BCUT2D eigenvalue weighted by atomic mass is 10.0. The van der Waals surface area contributed by atoms with Gasteiger partial charge in [-0.2, -0.15) is 0 Å². The van der Waals surface area contributed by atoms with Crippen LogP contribution in [0.25, 0.3) is 21.9 Å². The van der Waals surface area contributed by atoms with E-state index < -0.39 is 0 Å². The summed E-state index contributed by atoms with van der Waals surface area (Å²) >= 11 is 0. The number of hydrogen-bond acceptors (Lipinski definition) is 3. The highest BCUT2D eigenvalue weighted by Crippen LogP contribution is 2.31. The van der Waals surface area contributed by atoms with Crippen molar-refractivity contribution >= 4 is 27.6 Å². The first-order valence-corrected chi connectivity index (χ1v) is 6.42. The van der Waals surface area contributed by atoms with Crippen LogP contribution in [0.15, 0.2) is 18.2 Å². The van der Waals surface area contributed by atoms with Gasteiger partial charge in [-0.05, 0) is 62.6 Å². The van der Waals surface area contributed by atoms with E-state index in [9.17, 15) is 0 Å². The molecule has 0 aliphatic heterocycles. The monoisotopic (exact) mass is 251 g/mol. The van der Waals surface area contributed by atoms with E-state index in [-0.39, 0.29) is 0 Å². The van der Waals surface area contributed by atoms with Crippen molar-refractivity contribution in [2.24, 2.45) is 0 Å². The largest absolute Gasteiger partial charge is 0.398 e. The van der Waals surface area contributed by atoms with Gasteiger partial charge >= 0.3 is 0 Å². The number of fused-ring (bicyclic) bond motifs is 2. The molecule has 0 aliphatic rings. The SMILES string of the molecule is Cc1cc(C)c2c(N)c3cc(C)c(C)cc3nc2n1. The lowest BCUT2D eigenvalue weighted by molar-refractivity contribution is 1.20. The lowest BCUT2D eigenvalue weighted by Crippen LogP contribution is -1.98. The van der Waals surface area contributed by atoms with Crippen LogP contribution in [0.1, 0.15) is 22.4 Å². The third-order valence-corrected chi connectivity index (χ3v) is 3.72. The van der Waals surface area contributed by atoms with E-state index in [1.807, 2.05) is 13.0 Å². The van der Waals surface area contributed by atoms with Gasteiger partial charge in [-0.1, -0.05) is 0 Å². The predicted molar refractivity (Wildman–Crippen MR) is 80.4 cm³/mol. The van der Waals surface area contributed by atoms with Crippen LogP contribution in [0.5, 0.6) is 0 Å². The Morgan fingerprint density at radius 2 is 1.53 bits per heavy atom. The van der Waals surface area contributed by atoms with Gasteiger partial charge < -0.3 is 5.73 Å². The Morgan fingerprint density at radius 3 is 2.26 bits per heavy atom. The first-order chi connectivity index (χ1) is 8.97. The number of nitrogens with zero attached hydrogens (tertiary/aromatic N) is 2. The fourth-order valence-corrected chi connectivity index (χ4v) is 2.59. The Kier molecular flexibility index (Phi) is 2.45. The molecular weight excluding hydrogens is 234 g/mol. The number of pyridine rings is 2. The van der Waals surface area contributed by atoms with Crippen molar-refractivity contribution in [3.8, 4) is 0 Å². The molecule has 0 atom stereocenters. The summed E-state index contributed by atoms with van der Waals surface area (Å²) in [5, 5.41) is 1.99. The Morgan fingerprint density at radius 1 is 0.842 bits per heavy atom. The molecule has 2 aromatic heterocycles. The molecule has 0 unspecified atom stereocenters. The number of nitrogens with two attached hydrogens (primary N) is 1. The summed E-state index contributed by atoms with van der Waals surface area (Å²) in [4.78, 5) is 9.18. The van der Waals surface area contributed by atoms with Gasteiger partial charge in [0.2, 0.25) is 0 Å². The third kappa shape index (κ3) is 1.73. The van der Waals surface area contributed by atoms with E-state index in [0.717, 1.165) is 38.9 Å². The molecule has 0 amide bonds. The highest BCUT2D eigenvalue weighted by atomic mass is 14.9. The topological polar surface area (TPSA) is 51.8 Å². The molecule has 0 saturated heterocycles. The Bertz CT molecular complexity index is 819. The molecule has 0 bridgehead atoms. The number of rotatable bonds is 0. The van der Waals surface area contributed by atoms with Crippen LogP contribution < -0.4 is 5.73 Å². The van der Waals surface area contributed by atoms with Crippen molar-refractivity contribution < 1.29 is 0 Å². The summed E-state index contributed by atoms with van der Waals surface area (Å²) in [7, 11) is 0. The van der Waals surface area contributed by atoms with E-state index in [1.165, 1.54) is 11.1 Å². The molecule has 0 fully saturated rings. The van der Waals surface area contributed by atoms with Crippen LogP contribution in [0.3, 0.4) is 0 Å². The van der Waals surface area contributed by atoms with Crippen molar-refractivity contribution in [3.63, 3.8) is 0 Å². The Balaban J connectivity index is 2.56.